The van der Waals surface area contributed by atoms with Gasteiger partial charge in [-0.2, -0.15) is 10.5 Å². The molecular weight excluding hydrogens is 705 g/mol. The van der Waals surface area contributed by atoms with E-state index >= 15 is 0 Å². The van der Waals surface area contributed by atoms with Gasteiger partial charge in [0.15, 0.2) is 11.5 Å². The number of nitrogens with zero attached hydrogens (tertiary/aromatic N) is 2. The van der Waals surface area contributed by atoms with Gasteiger partial charge in [0, 0.05) is 0 Å². The van der Waals surface area contributed by atoms with E-state index in [2.05, 4.69) is 32.9 Å². The van der Waals surface area contributed by atoms with E-state index in [-0.39, 0.29) is 6.61 Å². The lowest BCUT2D eigenvalue weighted by molar-refractivity contribution is 0.232. The quantitative estimate of drug-likeness (QED) is 0.0628. The molecule has 0 fully saturated rings. The summed E-state index contributed by atoms with van der Waals surface area (Å²) in [5.41, 5.74) is 1.58. The van der Waals surface area contributed by atoms with Gasteiger partial charge >= 0.3 is 0 Å². The second-order valence-electron chi connectivity index (χ2n) is 16.2. The van der Waals surface area contributed by atoms with Crippen LogP contribution in [0.2, 0.25) is 0 Å². The van der Waals surface area contributed by atoms with Crippen molar-refractivity contribution < 1.29 is 18.9 Å². The van der Waals surface area contributed by atoms with Crippen LogP contribution in [-0.4, -0.2) is 19.8 Å². The van der Waals surface area contributed by atoms with Crippen LogP contribution in [0.25, 0.3) is 0 Å². The van der Waals surface area contributed by atoms with Crippen molar-refractivity contribution in [3.63, 3.8) is 0 Å². The normalized spacial score (nSPS) is 11.0. The minimum absolute atomic E-state index is 0.277. The van der Waals surface area contributed by atoms with Crippen LogP contribution in [0.4, 0.5) is 0 Å². The van der Waals surface area contributed by atoms with Gasteiger partial charge < -0.3 is 18.9 Å². The number of benzene rings is 2. The Balaban J connectivity index is 2.08. The van der Waals surface area contributed by atoms with Crippen molar-refractivity contribution in [3.8, 4) is 35.1 Å². The van der Waals surface area contributed by atoms with Gasteiger partial charge in [-0.15, -0.1) is 0 Å². The molecule has 0 aliphatic heterocycles. The van der Waals surface area contributed by atoms with Crippen LogP contribution in [-0.2, 0) is 6.61 Å². The van der Waals surface area contributed by atoms with E-state index in [1.807, 2.05) is 12.1 Å². The van der Waals surface area contributed by atoms with E-state index in [9.17, 15) is 10.5 Å². The lowest BCUT2D eigenvalue weighted by Gasteiger charge is -2.19. The fraction of sp³-hybridized carbons (Fsp3) is 0.725. The van der Waals surface area contributed by atoms with Crippen LogP contribution < -0.4 is 18.9 Å². The van der Waals surface area contributed by atoms with E-state index in [4.69, 9.17) is 18.9 Å². The highest BCUT2D eigenvalue weighted by Gasteiger charge is 2.17. The average molecular weight is 787 g/mol. The topological polar surface area (TPSA) is 84.5 Å². The summed E-state index contributed by atoms with van der Waals surface area (Å²) in [6, 6.07) is 13.3. The first-order chi connectivity index (χ1) is 28.2. The molecule has 0 bridgehead atoms. The molecule has 6 heteroatoms. The number of rotatable bonds is 39. The third kappa shape index (κ3) is 24.9. The number of hydrogen-bond acceptors (Lipinski definition) is 6. The van der Waals surface area contributed by atoms with Gasteiger partial charge in [-0.05, 0) is 55.2 Å². The first-order valence-electron chi connectivity index (χ1n) is 23.8. The molecule has 320 valence electrons. The second kappa shape index (κ2) is 35.8. The average Bonchev–Trinajstić information content (AvgIpc) is 3.23. The molecule has 0 aromatic heterocycles. The summed E-state index contributed by atoms with van der Waals surface area (Å²) >= 11 is 0. The molecule has 2 rings (SSSR count). The number of ether oxygens (including phenoxy) is 4. The Labute approximate surface area is 350 Å². The monoisotopic (exact) mass is 787 g/mol. The Morgan fingerprint density at radius 1 is 0.386 bits per heavy atom. The molecule has 0 amide bonds. The fourth-order valence-corrected chi connectivity index (χ4v) is 7.35. The van der Waals surface area contributed by atoms with Gasteiger partial charge in [-0.3, -0.25) is 0 Å². The third-order valence-corrected chi connectivity index (χ3v) is 11.0. The van der Waals surface area contributed by atoms with Crippen molar-refractivity contribution in [3.05, 3.63) is 47.0 Å². The Morgan fingerprint density at radius 3 is 1.11 bits per heavy atom. The molecule has 2 aromatic carbocycles. The van der Waals surface area contributed by atoms with E-state index < -0.39 is 0 Å². The minimum Gasteiger partial charge on any atom is -0.490 e. The van der Waals surface area contributed by atoms with E-state index in [0.29, 0.717) is 42.4 Å². The lowest BCUT2D eigenvalue weighted by atomic mass is 10.1. The molecule has 0 unspecified atom stereocenters. The summed E-state index contributed by atoms with van der Waals surface area (Å²) in [6.07, 6.45) is 38.4. The molecule has 0 radical (unpaired) electrons. The Kier molecular flexibility index (Phi) is 31.2. The predicted molar refractivity (Wildman–Crippen MR) is 239 cm³/mol. The maximum atomic E-state index is 9.54. The molecule has 2 aromatic rings. The molecule has 0 heterocycles. The number of unbranched alkanes of at least 4 members (excludes halogenated alkanes) is 27. The molecule has 6 nitrogen and oxygen atoms in total. The highest BCUT2D eigenvalue weighted by Crippen LogP contribution is 2.40. The van der Waals surface area contributed by atoms with Gasteiger partial charge in [0.2, 0.25) is 5.75 Å². The Hall–Kier alpha value is -3.38. The van der Waals surface area contributed by atoms with Gasteiger partial charge in [0.25, 0.3) is 0 Å². The molecular formula is C51H82N2O4. The van der Waals surface area contributed by atoms with Crippen molar-refractivity contribution in [1.82, 2.24) is 0 Å². The largest absolute Gasteiger partial charge is 0.490 e. The van der Waals surface area contributed by atoms with Crippen LogP contribution in [0.15, 0.2) is 30.3 Å². The highest BCUT2D eigenvalue weighted by molar-refractivity contribution is 5.54. The summed E-state index contributed by atoms with van der Waals surface area (Å²) < 4.78 is 25.8. The van der Waals surface area contributed by atoms with E-state index in [0.717, 1.165) is 49.2 Å². The Morgan fingerprint density at radius 2 is 0.737 bits per heavy atom. The van der Waals surface area contributed by atoms with Crippen LogP contribution in [0.5, 0.6) is 23.0 Å². The molecule has 0 atom stereocenters. The van der Waals surface area contributed by atoms with E-state index in [1.165, 1.54) is 161 Å². The van der Waals surface area contributed by atoms with Crippen LogP contribution in [0.1, 0.15) is 230 Å². The summed E-state index contributed by atoms with van der Waals surface area (Å²) in [7, 11) is 0. The summed E-state index contributed by atoms with van der Waals surface area (Å²) in [5.74, 6) is 2.69. The SMILES string of the molecule is CCCCCCCCCCCCOc1cc(COc2ccc(C#N)c(C#N)c2)cc(OCCCCCCCCCCCC)c1OCCCCCCCCCCCC. The molecule has 0 saturated heterocycles. The van der Waals surface area contributed by atoms with Crippen molar-refractivity contribution in [2.24, 2.45) is 0 Å². The minimum atomic E-state index is 0.277. The molecule has 0 N–H and O–H groups in total. The maximum Gasteiger partial charge on any atom is 0.203 e. The Bertz CT molecular complexity index is 1300. The van der Waals surface area contributed by atoms with Crippen LogP contribution >= 0.6 is 0 Å². The number of hydrogen-bond donors (Lipinski definition) is 0. The molecule has 0 spiro atoms. The third-order valence-electron chi connectivity index (χ3n) is 11.0. The predicted octanol–water partition coefficient (Wildman–Crippen LogP) is 15.9. The van der Waals surface area contributed by atoms with Gasteiger partial charge in [-0.1, -0.05) is 194 Å². The highest BCUT2D eigenvalue weighted by atomic mass is 16.5. The molecule has 57 heavy (non-hydrogen) atoms. The summed E-state index contributed by atoms with van der Waals surface area (Å²) in [4.78, 5) is 0. The van der Waals surface area contributed by atoms with Crippen LogP contribution in [0.3, 0.4) is 0 Å². The standard InChI is InChI=1S/C51H82N2O4/c1-4-7-10-13-16-19-22-25-28-31-36-54-49-39-45(44-57-48-35-34-46(42-52)47(41-48)43-53)40-50(55-37-32-29-26-23-20-17-14-11-8-5-2)51(49)56-38-33-30-27-24-21-18-15-12-9-6-3/h34-35,39-41H,4-33,36-38,44H2,1-3H3. The van der Waals surface area contributed by atoms with Gasteiger partial charge in [-0.25, -0.2) is 0 Å². The molecule has 0 saturated carbocycles. The van der Waals surface area contributed by atoms with E-state index in [1.54, 1.807) is 18.2 Å². The first kappa shape index (κ1) is 49.8. The first-order valence-corrected chi connectivity index (χ1v) is 23.8. The zero-order chi connectivity index (χ0) is 40.9. The lowest BCUT2D eigenvalue weighted by Crippen LogP contribution is -2.08. The maximum absolute atomic E-state index is 9.54. The second-order valence-corrected chi connectivity index (χ2v) is 16.2. The van der Waals surface area contributed by atoms with Crippen LogP contribution in [0, 0.1) is 22.7 Å². The summed E-state index contributed by atoms with van der Waals surface area (Å²) in [5, 5.41) is 18.9. The molecule has 0 aliphatic rings. The van der Waals surface area contributed by atoms with Crippen molar-refractivity contribution in [2.75, 3.05) is 19.8 Å². The smallest absolute Gasteiger partial charge is 0.203 e. The zero-order valence-electron chi connectivity index (χ0n) is 37.0. The zero-order valence-corrected chi connectivity index (χ0v) is 37.0. The van der Waals surface area contributed by atoms with Gasteiger partial charge in [0.05, 0.1) is 30.9 Å². The number of nitriles is 2. The summed E-state index contributed by atoms with van der Waals surface area (Å²) in [6.45, 7) is 9.01. The fourth-order valence-electron chi connectivity index (χ4n) is 7.35. The van der Waals surface area contributed by atoms with Crippen molar-refractivity contribution in [1.29, 1.82) is 10.5 Å². The van der Waals surface area contributed by atoms with Crippen molar-refractivity contribution in [2.45, 2.75) is 220 Å². The van der Waals surface area contributed by atoms with Crippen molar-refractivity contribution >= 4 is 0 Å². The van der Waals surface area contributed by atoms with Gasteiger partial charge in [0.1, 0.15) is 24.5 Å². The molecule has 0 aliphatic carbocycles.